The summed E-state index contributed by atoms with van der Waals surface area (Å²) in [6.45, 7) is 4.69. The molecule has 0 atom stereocenters. The van der Waals surface area contributed by atoms with Crippen LogP contribution in [0.2, 0.25) is 0 Å². The molecule has 1 saturated carbocycles. The zero-order chi connectivity index (χ0) is 15.3. The molecule has 2 rings (SSSR count). The highest BCUT2D eigenvalue weighted by atomic mass is 16.2. The number of carbonyl (C=O) groups excluding carboxylic acids is 2. The van der Waals surface area contributed by atoms with Crippen LogP contribution in [0.25, 0.3) is 0 Å². The fraction of sp³-hybridized carbons (Fsp3) is 0.529. The Morgan fingerprint density at radius 1 is 1.14 bits per heavy atom. The van der Waals surface area contributed by atoms with Gasteiger partial charge in [0.1, 0.15) is 0 Å². The van der Waals surface area contributed by atoms with Crippen LogP contribution in [0.5, 0.6) is 0 Å². The van der Waals surface area contributed by atoms with Crippen LogP contribution in [0.3, 0.4) is 0 Å². The summed E-state index contributed by atoms with van der Waals surface area (Å²) in [6.07, 6.45) is 4.38. The first-order valence-electron chi connectivity index (χ1n) is 7.81. The van der Waals surface area contributed by atoms with Gasteiger partial charge in [-0.3, -0.25) is 9.59 Å². The number of anilines is 1. The molecule has 0 heterocycles. The van der Waals surface area contributed by atoms with Crippen LogP contribution >= 0.6 is 0 Å². The van der Waals surface area contributed by atoms with Crippen molar-refractivity contribution in [3.8, 4) is 0 Å². The van der Waals surface area contributed by atoms with E-state index >= 15 is 0 Å². The largest absolute Gasteiger partial charge is 0.355 e. The van der Waals surface area contributed by atoms with Gasteiger partial charge in [-0.05, 0) is 37.0 Å². The highest BCUT2D eigenvalue weighted by Crippen LogP contribution is 2.48. The van der Waals surface area contributed by atoms with E-state index in [4.69, 9.17) is 0 Å². The Labute approximate surface area is 126 Å². The number of benzene rings is 1. The predicted molar refractivity (Wildman–Crippen MR) is 84.2 cm³/mol. The van der Waals surface area contributed by atoms with E-state index in [2.05, 4.69) is 17.6 Å². The van der Waals surface area contributed by atoms with E-state index in [1.54, 1.807) is 0 Å². The molecule has 1 aliphatic carbocycles. The van der Waals surface area contributed by atoms with E-state index in [1.807, 2.05) is 31.2 Å². The summed E-state index contributed by atoms with van der Waals surface area (Å²) >= 11 is 0. The highest BCUT2D eigenvalue weighted by Gasteiger charge is 2.50. The number of rotatable bonds is 7. The van der Waals surface area contributed by atoms with Gasteiger partial charge in [-0.25, -0.2) is 0 Å². The molecule has 1 fully saturated rings. The lowest BCUT2D eigenvalue weighted by Crippen LogP contribution is -2.35. The molecule has 0 spiro atoms. The van der Waals surface area contributed by atoms with Crippen LogP contribution in [0.1, 0.15) is 51.5 Å². The average molecular weight is 288 g/mol. The van der Waals surface area contributed by atoms with Crippen molar-refractivity contribution in [2.45, 2.75) is 51.4 Å². The Bertz CT molecular complexity index is 504. The van der Waals surface area contributed by atoms with E-state index in [1.165, 1.54) is 0 Å². The second-order valence-electron chi connectivity index (χ2n) is 5.67. The van der Waals surface area contributed by atoms with Gasteiger partial charge in [0.2, 0.25) is 11.8 Å². The molecule has 2 amide bonds. The summed E-state index contributed by atoms with van der Waals surface area (Å²) in [6, 6.07) is 7.67. The monoisotopic (exact) mass is 288 g/mol. The minimum absolute atomic E-state index is 0.00111. The molecule has 0 aromatic heterocycles. The van der Waals surface area contributed by atoms with Crippen molar-refractivity contribution in [1.29, 1.82) is 0 Å². The molecule has 0 radical (unpaired) electrons. The Balaban J connectivity index is 2.00. The van der Waals surface area contributed by atoms with Crippen LogP contribution in [-0.4, -0.2) is 18.4 Å². The van der Waals surface area contributed by atoms with Crippen LogP contribution in [0.4, 0.5) is 5.69 Å². The normalized spacial score (nSPS) is 15.3. The van der Waals surface area contributed by atoms with Gasteiger partial charge >= 0.3 is 0 Å². The van der Waals surface area contributed by atoms with E-state index in [-0.39, 0.29) is 17.2 Å². The maximum atomic E-state index is 12.3. The SMILES string of the molecule is CCCCNC(=O)C1(c2ccc(NC(=O)CC)cc2)CC1. The minimum atomic E-state index is -0.332. The smallest absolute Gasteiger partial charge is 0.230 e. The number of amides is 2. The number of carbonyl (C=O) groups is 2. The van der Waals surface area contributed by atoms with Gasteiger partial charge in [0.25, 0.3) is 0 Å². The van der Waals surface area contributed by atoms with Gasteiger partial charge in [0.05, 0.1) is 5.41 Å². The van der Waals surface area contributed by atoms with Crippen LogP contribution < -0.4 is 10.6 Å². The molecule has 4 nitrogen and oxygen atoms in total. The average Bonchev–Trinajstić information content (AvgIpc) is 3.30. The Hall–Kier alpha value is -1.84. The zero-order valence-electron chi connectivity index (χ0n) is 12.9. The fourth-order valence-corrected chi connectivity index (χ4v) is 2.44. The molecule has 0 aliphatic heterocycles. The van der Waals surface area contributed by atoms with Crippen molar-refractivity contribution in [2.75, 3.05) is 11.9 Å². The molecule has 0 saturated heterocycles. The third-order valence-corrected chi connectivity index (χ3v) is 4.04. The lowest BCUT2D eigenvalue weighted by Gasteiger charge is -2.16. The molecular weight excluding hydrogens is 264 g/mol. The summed E-state index contributed by atoms with van der Waals surface area (Å²) in [4.78, 5) is 23.7. The molecule has 1 aliphatic rings. The van der Waals surface area contributed by atoms with Crippen molar-refractivity contribution in [2.24, 2.45) is 0 Å². The van der Waals surface area contributed by atoms with E-state index in [0.717, 1.165) is 43.5 Å². The first-order chi connectivity index (χ1) is 10.1. The van der Waals surface area contributed by atoms with Crippen molar-refractivity contribution >= 4 is 17.5 Å². The topological polar surface area (TPSA) is 58.2 Å². The maximum Gasteiger partial charge on any atom is 0.230 e. The molecule has 1 aromatic carbocycles. The van der Waals surface area contributed by atoms with Gasteiger partial charge in [0.15, 0.2) is 0 Å². The Morgan fingerprint density at radius 2 is 1.81 bits per heavy atom. The van der Waals surface area contributed by atoms with E-state index in [0.29, 0.717) is 6.42 Å². The number of hydrogen-bond donors (Lipinski definition) is 2. The van der Waals surface area contributed by atoms with Crippen LogP contribution in [0, 0.1) is 0 Å². The third-order valence-electron chi connectivity index (χ3n) is 4.04. The standard InChI is InChI=1S/C17H24N2O2/c1-3-5-12-18-16(21)17(10-11-17)13-6-8-14(9-7-13)19-15(20)4-2/h6-9H,3-5,10-12H2,1-2H3,(H,18,21)(H,19,20). The molecule has 0 unspecified atom stereocenters. The van der Waals surface area contributed by atoms with Gasteiger partial charge in [-0.2, -0.15) is 0 Å². The minimum Gasteiger partial charge on any atom is -0.355 e. The van der Waals surface area contributed by atoms with Gasteiger partial charge < -0.3 is 10.6 Å². The van der Waals surface area contributed by atoms with Crippen molar-refractivity contribution in [3.05, 3.63) is 29.8 Å². The van der Waals surface area contributed by atoms with E-state index in [9.17, 15) is 9.59 Å². The molecule has 21 heavy (non-hydrogen) atoms. The molecule has 4 heteroatoms. The summed E-state index contributed by atoms with van der Waals surface area (Å²) in [5, 5.41) is 5.85. The van der Waals surface area contributed by atoms with Crippen LogP contribution in [0.15, 0.2) is 24.3 Å². The maximum absolute atomic E-state index is 12.3. The second kappa shape index (κ2) is 6.74. The summed E-state index contributed by atoms with van der Waals surface area (Å²) in [5.74, 6) is 0.141. The third kappa shape index (κ3) is 3.63. The predicted octanol–water partition coefficient (Wildman–Crippen LogP) is 2.98. The quantitative estimate of drug-likeness (QED) is 0.758. The van der Waals surface area contributed by atoms with E-state index < -0.39 is 0 Å². The summed E-state index contributed by atoms with van der Waals surface area (Å²) < 4.78 is 0. The first kappa shape index (κ1) is 15.5. The van der Waals surface area contributed by atoms with Gasteiger partial charge in [0, 0.05) is 18.7 Å². The molecular formula is C17H24N2O2. The lowest BCUT2D eigenvalue weighted by atomic mass is 9.94. The molecule has 2 N–H and O–H groups in total. The van der Waals surface area contributed by atoms with Crippen molar-refractivity contribution in [3.63, 3.8) is 0 Å². The van der Waals surface area contributed by atoms with Gasteiger partial charge in [-0.15, -0.1) is 0 Å². The van der Waals surface area contributed by atoms with Crippen molar-refractivity contribution in [1.82, 2.24) is 5.32 Å². The lowest BCUT2D eigenvalue weighted by molar-refractivity contribution is -0.123. The Kier molecular flexibility index (Phi) is 4.99. The summed E-state index contributed by atoms with van der Waals surface area (Å²) in [7, 11) is 0. The number of unbranched alkanes of at least 4 members (excludes halogenated alkanes) is 1. The fourth-order valence-electron chi connectivity index (χ4n) is 2.44. The second-order valence-corrected chi connectivity index (χ2v) is 5.67. The molecule has 114 valence electrons. The number of hydrogen-bond acceptors (Lipinski definition) is 2. The zero-order valence-corrected chi connectivity index (χ0v) is 12.9. The Morgan fingerprint density at radius 3 is 2.33 bits per heavy atom. The number of nitrogens with one attached hydrogen (secondary N) is 2. The molecule has 1 aromatic rings. The van der Waals surface area contributed by atoms with Gasteiger partial charge in [-0.1, -0.05) is 32.4 Å². The summed E-state index contributed by atoms with van der Waals surface area (Å²) in [5.41, 5.74) is 1.50. The van der Waals surface area contributed by atoms with Crippen LogP contribution in [-0.2, 0) is 15.0 Å². The molecule has 0 bridgehead atoms. The highest BCUT2D eigenvalue weighted by molar-refractivity contribution is 5.92. The first-order valence-corrected chi connectivity index (χ1v) is 7.81. The van der Waals surface area contributed by atoms with Crippen molar-refractivity contribution < 1.29 is 9.59 Å².